The lowest BCUT2D eigenvalue weighted by atomic mass is 9.82. The number of amides is 1. The average molecular weight is 287 g/mol. The second kappa shape index (κ2) is 6.56. The van der Waals surface area contributed by atoms with E-state index in [0.29, 0.717) is 12.3 Å². The van der Waals surface area contributed by atoms with Crippen LogP contribution in [0.3, 0.4) is 0 Å². The lowest BCUT2D eigenvalue weighted by Crippen LogP contribution is -2.38. The molecular weight excluding hydrogens is 262 g/mol. The van der Waals surface area contributed by atoms with Gasteiger partial charge < -0.3 is 10.6 Å². The van der Waals surface area contributed by atoms with Crippen LogP contribution in [0.1, 0.15) is 56.6 Å². The predicted molar refractivity (Wildman–Crippen MR) is 82.5 cm³/mol. The Labute approximate surface area is 126 Å². The summed E-state index contributed by atoms with van der Waals surface area (Å²) in [5, 5.41) is 0. The van der Waals surface area contributed by atoms with Gasteiger partial charge in [-0.05, 0) is 43.2 Å². The highest BCUT2D eigenvalue weighted by molar-refractivity contribution is 5.77. The maximum absolute atomic E-state index is 12.7. The lowest BCUT2D eigenvalue weighted by Gasteiger charge is -2.31. The van der Waals surface area contributed by atoms with Crippen molar-refractivity contribution < 1.29 is 4.79 Å². The van der Waals surface area contributed by atoms with E-state index in [4.69, 9.17) is 5.73 Å². The zero-order valence-electron chi connectivity index (χ0n) is 12.6. The van der Waals surface area contributed by atoms with Crippen LogP contribution in [0.5, 0.6) is 0 Å². The molecule has 2 aliphatic rings. The van der Waals surface area contributed by atoms with Gasteiger partial charge in [0.25, 0.3) is 0 Å². The molecule has 0 bridgehead atoms. The molecule has 1 amide bonds. The number of nitrogens with two attached hydrogens (primary N) is 1. The van der Waals surface area contributed by atoms with Gasteiger partial charge in [0.15, 0.2) is 0 Å². The average Bonchev–Trinajstić information content (AvgIpc) is 3.00. The van der Waals surface area contributed by atoms with Gasteiger partial charge in [-0.25, -0.2) is 0 Å². The summed E-state index contributed by atoms with van der Waals surface area (Å²) in [5.74, 6) is 0.658. The summed E-state index contributed by atoms with van der Waals surface area (Å²) in [6.45, 7) is 0.875. The van der Waals surface area contributed by atoms with Gasteiger partial charge in [0.2, 0.25) is 5.91 Å². The number of aromatic nitrogens is 1. The number of carbonyl (C=O) groups excluding carboxylic acids is 1. The largest absolute Gasteiger partial charge is 0.336 e. The monoisotopic (exact) mass is 287 g/mol. The van der Waals surface area contributed by atoms with Crippen molar-refractivity contribution in [2.75, 3.05) is 6.54 Å². The smallest absolute Gasteiger partial charge is 0.223 e. The van der Waals surface area contributed by atoms with E-state index >= 15 is 0 Å². The van der Waals surface area contributed by atoms with E-state index in [0.717, 1.165) is 37.8 Å². The first-order valence-electron chi connectivity index (χ1n) is 8.20. The fraction of sp³-hybridized carbons (Fsp3) is 0.647. The normalized spacial score (nSPS) is 29.6. The second-order valence-electron chi connectivity index (χ2n) is 6.44. The first kappa shape index (κ1) is 14.5. The molecule has 3 rings (SSSR count). The van der Waals surface area contributed by atoms with Gasteiger partial charge in [0, 0.05) is 31.4 Å². The number of hydrogen-bond donors (Lipinski definition) is 1. The van der Waals surface area contributed by atoms with Crippen LogP contribution >= 0.6 is 0 Å². The van der Waals surface area contributed by atoms with Crippen LogP contribution in [0, 0.1) is 5.92 Å². The number of pyridine rings is 1. The van der Waals surface area contributed by atoms with Crippen molar-refractivity contribution in [1.29, 1.82) is 0 Å². The Bertz CT molecular complexity index is 476. The molecule has 2 heterocycles. The molecule has 2 fully saturated rings. The first-order valence-corrected chi connectivity index (χ1v) is 8.20. The minimum atomic E-state index is 0.210. The van der Waals surface area contributed by atoms with E-state index in [9.17, 15) is 4.79 Å². The maximum atomic E-state index is 12.7. The standard InChI is InChI=1S/C17H25N3O/c18-15-7-2-1-5-13(15)11-17(21)20-10-4-8-16(20)14-6-3-9-19-12-14/h3,6,9,12-13,15-16H,1-2,4-5,7-8,10-11,18H2. The topological polar surface area (TPSA) is 59.2 Å². The molecule has 1 saturated heterocycles. The number of nitrogens with zero attached hydrogens (tertiary/aromatic N) is 2. The molecule has 0 radical (unpaired) electrons. The Balaban J connectivity index is 1.66. The fourth-order valence-corrected chi connectivity index (χ4v) is 3.82. The van der Waals surface area contributed by atoms with Crippen molar-refractivity contribution >= 4 is 5.91 Å². The number of rotatable bonds is 3. The summed E-state index contributed by atoms with van der Waals surface area (Å²) in [6, 6.07) is 4.45. The predicted octanol–water partition coefficient (Wildman–Crippen LogP) is 2.65. The van der Waals surface area contributed by atoms with Gasteiger partial charge >= 0.3 is 0 Å². The van der Waals surface area contributed by atoms with Gasteiger partial charge in [-0.2, -0.15) is 0 Å². The Hall–Kier alpha value is -1.42. The minimum absolute atomic E-state index is 0.210. The number of hydrogen-bond acceptors (Lipinski definition) is 3. The molecule has 1 aromatic heterocycles. The number of likely N-dealkylation sites (tertiary alicyclic amines) is 1. The SMILES string of the molecule is NC1CCCCC1CC(=O)N1CCCC1c1cccnc1. The van der Waals surface area contributed by atoms with Crippen LogP contribution in [0.25, 0.3) is 0 Å². The van der Waals surface area contributed by atoms with Crippen molar-refractivity contribution in [3.63, 3.8) is 0 Å². The van der Waals surface area contributed by atoms with Crippen LogP contribution in [0.15, 0.2) is 24.5 Å². The third-order valence-electron chi connectivity index (χ3n) is 5.05. The van der Waals surface area contributed by atoms with Gasteiger partial charge in [-0.1, -0.05) is 18.9 Å². The highest BCUT2D eigenvalue weighted by Crippen LogP contribution is 2.34. The summed E-state index contributed by atoms with van der Waals surface area (Å²) in [4.78, 5) is 18.9. The summed E-state index contributed by atoms with van der Waals surface area (Å²) < 4.78 is 0. The Morgan fingerprint density at radius 2 is 2.14 bits per heavy atom. The summed E-state index contributed by atoms with van der Waals surface area (Å²) in [6.07, 6.45) is 11.1. The minimum Gasteiger partial charge on any atom is -0.336 e. The molecule has 0 aromatic carbocycles. The van der Waals surface area contributed by atoms with Gasteiger partial charge in [0.05, 0.1) is 6.04 Å². The zero-order valence-corrected chi connectivity index (χ0v) is 12.6. The van der Waals surface area contributed by atoms with Crippen molar-refractivity contribution in [2.45, 2.75) is 57.0 Å². The van der Waals surface area contributed by atoms with Gasteiger partial charge in [0.1, 0.15) is 0 Å². The van der Waals surface area contributed by atoms with Crippen molar-refractivity contribution in [1.82, 2.24) is 9.88 Å². The van der Waals surface area contributed by atoms with E-state index in [1.54, 1.807) is 6.20 Å². The van der Waals surface area contributed by atoms with Crippen LogP contribution in [0.2, 0.25) is 0 Å². The molecule has 3 unspecified atom stereocenters. The van der Waals surface area contributed by atoms with Crippen LogP contribution in [-0.2, 0) is 4.79 Å². The molecule has 4 heteroatoms. The van der Waals surface area contributed by atoms with Crippen molar-refractivity contribution in [2.24, 2.45) is 11.7 Å². The van der Waals surface area contributed by atoms with Gasteiger partial charge in [-0.15, -0.1) is 0 Å². The highest BCUT2D eigenvalue weighted by Gasteiger charge is 2.32. The Morgan fingerprint density at radius 1 is 1.29 bits per heavy atom. The van der Waals surface area contributed by atoms with E-state index < -0.39 is 0 Å². The molecule has 1 aliphatic heterocycles. The fourth-order valence-electron chi connectivity index (χ4n) is 3.82. The van der Waals surface area contributed by atoms with E-state index in [1.807, 2.05) is 12.3 Å². The molecule has 114 valence electrons. The molecule has 21 heavy (non-hydrogen) atoms. The third-order valence-corrected chi connectivity index (χ3v) is 5.05. The maximum Gasteiger partial charge on any atom is 0.223 e. The molecule has 4 nitrogen and oxygen atoms in total. The second-order valence-corrected chi connectivity index (χ2v) is 6.44. The Kier molecular flexibility index (Phi) is 4.54. The quantitative estimate of drug-likeness (QED) is 0.929. The summed E-state index contributed by atoms with van der Waals surface area (Å²) >= 11 is 0. The van der Waals surface area contributed by atoms with Crippen LogP contribution in [-0.4, -0.2) is 28.4 Å². The molecule has 1 aliphatic carbocycles. The van der Waals surface area contributed by atoms with Crippen molar-refractivity contribution in [3.8, 4) is 0 Å². The summed E-state index contributed by atoms with van der Waals surface area (Å²) in [5.41, 5.74) is 7.35. The van der Waals surface area contributed by atoms with E-state index in [-0.39, 0.29) is 18.0 Å². The van der Waals surface area contributed by atoms with E-state index in [1.165, 1.54) is 12.8 Å². The Morgan fingerprint density at radius 3 is 2.90 bits per heavy atom. The van der Waals surface area contributed by atoms with Gasteiger partial charge in [-0.3, -0.25) is 9.78 Å². The zero-order chi connectivity index (χ0) is 14.7. The summed E-state index contributed by atoms with van der Waals surface area (Å²) in [7, 11) is 0. The lowest BCUT2D eigenvalue weighted by molar-refractivity contribution is -0.133. The van der Waals surface area contributed by atoms with Crippen LogP contribution < -0.4 is 5.73 Å². The molecule has 2 N–H and O–H groups in total. The molecule has 0 spiro atoms. The third kappa shape index (κ3) is 3.26. The molecular formula is C17H25N3O. The molecule has 1 aromatic rings. The molecule has 1 saturated carbocycles. The van der Waals surface area contributed by atoms with Crippen molar-refractivity contribution in [3.05, 3.63) is 30.1 Å². The van der Waals surface area contributed by atoms with E-state index in [2.05, 4.69) is 16.0 Å². The highest BCUT2D eigenvalue weighted by atomic mass is 16.2. The van der Waals surface area contributed by atoms with Crippen LogP contribution in [0.4, 0.5) is 0 Å². The number of carbonyl (C=O) groups is 1. The first-order chi connectivity index (χ1) is 10.3. The molecule has 3 atom stereocenters.